The molecule has 6 nitrogen and oxygen atoms in total. The molecule has 8 heteroatoms. The number of carbonyl (C=O) groups excluding carboxylic acids is 1. The van der Waals surface area contributed by atoms with E-state index in [2.05, 4.69) is 15.5 Å². The standard InChI is InChI=1S/C11H16ClN3O3S/c1-3-7-9(19(12,17)18)8(15-14-7)10(16)13-11(2)5-4-6-11/h3-6H2,1-2H3,(H,13,16)(H,14,15). The van der Waals surface area contributed by atoms with Crippen molar-refractivity contribution >= 4 is 25.6 Å². The van der Waals surface area contributed by atoms with Gasteiger partial charge >= 0.3 is 0 Å². The largest absolute Gasteiger partial charge is 0.345 e. The summed E-state index contributed by atoms with van der Waals surface area (Å²) in [4.78, 5) is 11.9. The molecule has 0 atom stereocenters. The second-order valence-electron chi connectivity index (χ2n) is 5.04. The number of halogens is 1. The number of hydrogen-bond donors (Lipinski definition) is 2. The summed E-state index contributed by atoms with van der Waals surface area (Å²) in [5.74, 6) is -0.502. The van der Waals surface area contributed by atoms with Crippen LogP contribution in [0.5, 0.6) is 0 Å². The van der Waals surface area contributed by atoms with E-state index in [1.54, 1.807) is 6.92 Å². The van der Waals surface area contributed by atoms with E-state index in [1.165, 1.54) is 0 Å². The number of rotatable bonds is 4. The molecule has 1 fully saturated rings. The summed E-state index contributed by atoms with van der Waals surface area (Å²) in [7, 11) is 1.38. The lowest BCUT2D eigenvalue weighted by Gasteiger charge is -2.38. The Kier molecular flexibility index (Phi) is 3.61. The van der Waals surface area contributed by atoms with Gasteiger partial charge in [-0.2, -0.15) is 5.10 Å². The quantitative estimate of drug-likeness (QED) is 0.826. The highest BCUT2D eigenvalue weighted by molar-refractivity contribution is 8.13. The molecule has 1 heterocycles. The molecule has 19 heavy (non-hydrogen) atoms. The predicted octanol–water partition coefficient (Wildman–Crippen LogP) is 1.57. The number of aryl methyl sites for hydroxylation is 1. The fraction of sp³-hybridized carbons (Fsp3) is 0.636. The Bertz CT molecular complexity index is 605. The van der Waals surface area contributed by atoms with Crippen LogP contribution in [0.1, 0.15) is 49.3 Å². The summed E-state index contributed by atoms with van der Waals surface area (Å²) in [5.41, 5.74) is -0.0747. The summed E-state index contributed by atoms with van der Waals surface area (Å²) in [5, 5.41) is 9.17. The van der Waals surface area contributed by atoms with Gasteiger partial charge in [0.25, 0.3) is 15.0 Å². The van der Waals surface area contributed by atoms with Crippen LogP contribution in [-0.2, 0) is 15.5 Å². The number of aromatic nitrogens is 2. The molecule has 1 aliphatic carbocycles. The SMILES string of the molecule is CCc1[nH]nc(C(=O)NC2(C)CCC2)c1S(=O)(=O)Cl. The molecule has 0 spiro atoms. The number of amides is 1. The maximum atomic E-state index is 12.1. The number of carbonyl (C=O) groups is 1. The van der Waals surface area contributed by atoms with Crippen molar-refractivity contribution in [3.63, 3.8) is 0 Å². The fourth-order valence-corrected chi connectivity index (χ4v) is 3.54. The molecule has 1 amide bonds. The van der Waals surface area contributed by atoms with Gasteiger partial charge in [0.1, 0.15) is 4.90 Å². The van der Waals surface area contributed by atoms with Crippen LogP contribution in [0.2, 0.25) is 0 Å². The van der Waals surface area contributed by atoms with Crippen LogP contribution in [0.15, 0.2) is 4.90 Å². The van der Waals surface area contributed by atoms with Gasteiger partial charge in [0, 0.05) is 16.2 Å². The van der Waals surface area contributed by atoms with E-state index in [1.807, 2.05) is 6.92 Å². The van der Waals surface area contributed by atoms with E-state index in [4.69, 9.17) is 10.7 Å². The van der Waals surface area contributed by atoms with Gasteiger partial charge in [-0.05, 0) is 32.6 Å². The average molecular weight is 306 g/mol. The summed E-state index contributed by atoms with van der Waals surface area (Å²) in [6, 6.07) is 0. The third kappa shape index (κ3) is 2.76. The third-order valence-corrected chi connectivity index (χ3v) is 4.87. The van der Waals surface area contributed by atoms with Crippen molar-refractivity contribution in [3.05, 3.63) is 11.4 Å². The van der Waals surface area contributed by atoms with Crippen LogP contribution in [0.3, 0.4) is 0 Å². The Balaban J connectivity index is 2.34. The van der Waals surface area contributed by atoms with Crippen molar-refractivity contribution in [3.8, 4) is 0 Å². The molecule has 1 aromatic heterocycles. The van der Waals surface area contributed by atoms with Crippen LogP contribution in [-0.4, -0.2) is 30.1 Å². The molecule has 0 saturated heterocycles. The number of nitrogens with zero attached hydrogens (tertiary/aromatic N) is 1. The molecule has 1 aromatic rings. The minimum atomic E-state index is -4.00. The van der Waals surface area contributed by atoms with Crippen molar-refractivity contribution in [1.29, 1.82) is 0 Å². The maximum Gasteiger partial charge on any atom is 0.273 e. The minimum absolute atomic E-state index is 0.153. The van der Waals surface area contributed by atoms with Gasteiger partial charge in [0.2, 0.25) is 0 Å². The maximum absolute atomic E-state index is 12.1. The zero-order valence-electron chi connectivity index (χ0n) is 10.8. The first-order valence-electron chi connectivity index (χ1n) is 6.11. The van der Waals surface area contributed by atoms with Crippen molar-refractivity contribution < 1.29 is 13.2 Å². The second-order valence-corrected chi connectivity index (χ2v) is 7.54. The second kappa shape index (κ2) is 4.79. The zero-order chi connectivity index (χ0) is 14.3. The molecule has 0 bridgehead atoms. The van der Waals surface area contributed by atoms with E-state index in [-0.39, 0.29) is 16.1 Å². The van der Waals surface area contributed by atoms with Crippen molar-refractivity contribution in [2.75, 3.05) is 0 Å². The predicted molar refractivity (Wildman–Crippen MR) is 70.7 cm³/mol. The molecule has 106 valence electrons. The zero-order valence-corrected chi connectivity index (χ0v) is 12.4. The van der Waals surface area contributed by atoms with E-state index in [9.17, 15) is 13.2 Å². The van der Waals surface area contributed by atoms with Crippen molar-refractivity contribution in [2.24, 2.45) is 0 Å². The number of aromatic amines is 1. The van der Waals surface area contributed by atoms with Crippen molar-refractivity contribution in [1.82, 2.24) is 15.5 Å². The van der Waals surface area contributed by atoms with Gasteiger partial charge in [-0.15, -0.1) is 0 Å². The number of hydrogen-bond acceptors (Lipinski definition) is 4. The Hall–Kier alpha value is -1.08. The first kappa shape index (κ1) is 14.3. The lowest BCUT2D eigenvalue weighted by atomic mass is 9.78. The third-order valence-electron chi connectivity index (χ3n) is 3.48. The highest BCUT2D eigenvalue weighted by Crippen LogP contribution is 2.32. The molecule has 0 aromatic carbocycles. The summed E-state index contributed by atoms with van der Waals surface area (Å²) >= 11 is 0. The average Bonchev–Trinajstić information content (AvgIpc) is 2.70. The van der Waals surface area contributed by atoms with Crippen molar-refractivity contribution in [2.45, 2.75) is 50.0 Å². The molecule has 1 saturated carbocycles. The summed E-state index contributed by atoms with van der Waals surface area (Å²) in [6.07, 6.45) is 3.22. The number of H-pyrrole nitrogens is 1. The minimum Gasteiger partial charge on any atom is -0.345 e. The van der Waals surface area contributed by atoms with Crippen LogP contribution in [0.25, 0.3) is 0 Å². The molecular formula is C11H16ClN3O3S. The van der Waals surface area contributed by atoms with Gasteiger partial charge in [-0.3, -0.25) is 9.89 Å². The first-order chi connectivity index (χ1) is 8.77. The first-order valence-corrected chi connectivity index (χ1v) is 8.42. The van der Waals surface area contributed by atoms with Gasteiger partial charge < -0.3 is 5.32 Å². The summed E-state index contributed by atoms with van der Waals surface area (Å²) in [6.45, 7) is 3.69. The lowest BCUT2D eigenvalue weighted by molar-refractivity contribution is 0.0841. The van der Waals surface area contributed by atoms with Crippen LogP contribution < -0.4 is 5.32 Å². The molecule has 0 radical (unpaired) electrons. The normalized spacial score (nSPS) is 17.8. The molecule has 1 aliphatic rings. The number of nitrogens with one attached hydrogen (secondary N) is 2. The van der Waals surface area contributed by atoms with E-state index < -0.39 is 15.0 Å². The topological polar surface area (TPSA) is 91.9 Å². The van der Waals surface area contributed by atoms with Gasteiger partial charge in [-0.25, -0.2) is 8.42 Å². The summed E-state index contributed by atoms with van der Waals surface area (Å²) < 4.78 is 23.1. The smallest absolute Gasteiger partial charge is 0.273 e. The van der Waals surface area contributed by atoms with E-state index >= 15 is 0 Å². The highest BCUT2D eigenvalue weighted by Gasteiger charge is 2.36. The Labute approximate surface area is 116 Å². The van der Waals surface area contributed by atoms with Crippen LogP contribution in [0, 0.1) is 0 Å². The molecule has 2 N–H and O–H groups in total. The van der Waals surface area contributed by atoms with Gasteiger partial charge in [0.05, 0.1) is 5.69 Å². The molecule has 0 aliphatic heterocycles. The Morgan fingerprint density at radius 2 is 2.16 bits per heavy atom. The van der Waals surface area contributed by atoms with Gasteiger partial charge in [-0.1, -0.05) is 6.92 Å². The Morgan fingerprint density at radius 1 is 1.53 bits per heavy atom. The van der Waals surface area contributed by atoms with Crippen LogP contribution >= 0.6 is 10.7 Å². The van der Waals surface area contributed by atoms with E-state index in [0.29, 0.717) is 12.1 Å². The molecule has 2 rings (SSSR count). The highest BCUT2D eigenvalue weighted by atomic mass is 35.7. The Morgan fingerprint density at radius 3 is 2.58 bits per heavy atom. The molecule has 0 unspecified atom stereocenters. The molecular weight excluding hydrogens is 290 g/mol. The van der Waals surface area contributed by atoms with E-state index in [0.717, 1.165) is 19.3 Å². The lowest BCUT2D eigenvalue weighted by Crippen LogP contribution is -2.51. The fourth-order valence-electron chi connectivity index (χ4n) is 2.19. The van der Waals surface area contributed by atoms with Gasteiger partial charge in [0.15, 0.2) is 5.69 Å². The monoisotopic (exact) mass is 305 g/mol. The van der Waals surface area contributed by atoms with Crippen LogP contribution in [0.4, 0.5) is 0 Å².